The van der Waals surface area contributed by atoms with Crippen LogP contribution < -0.4 is 0 Å². The van der Waals surface area contributed by atoms with Crippen LogP contribution in [0.2, 0.25) is 5.02 Å². The molecule has 1 atom stereocenters. The van der Waals surface area contributed by atoms with Crippen LogP contribution >= 0.6 is 27.5 Å². The summed E-state index contributed by atoms with van der Waals surface area (Å²) in [5.74, 6) is 0. The minimum Gasteiger partial charge on any atom is -0.383 e. The molecule has 0 aromatic heterocycles. The van der Waals surface area contributed by atoms with E-state index >= 15 is 0 Å². The lowest BCUT2D eigenvalue weighted by Gasteiger charge is -2.28. The van der Waals surface area contributed by atoms with Crippen LogP contribution in [0.25, 0.3) is 0 Å². The predicted molar refractivity (Wildman–Crippen MR) is 86.3 cm³/mol. The third-order valence-electron chi connectivity index (χ3n) is 2.90. The Kier molecular flexibility index (Phi) is 7.59. The summed E-state index contributed by atoms with van der Waals surface area (Å²) < 4.78 is 37.7. The van der Waals surface area contributed by atoms with Gasteiger partial charge in [-0.2, -0.15) is 4.31 Å². The maximum Gasteiger partial charge on any atom is 0.244 e. The van der Waals surface area contributed by atoms with Crippen LogP contribution in [0.5, 0.6) is 0 Å². The molecule has 5 nitrogen and oxygen atoms in total. The molecule has 1 aromatic carbocycles. The molecule has 0 spiro atoms. The monoisotopic (exact) mass is 399 g/mol. The second-order valence-corrected chi connectivity index (χ2v) is 7.67. The van der Waals surface area contributed by atoms with Gasteiger partial charge in [-0.3, -0.25) is 0 Å². The maximum absolute atomic E-state index is 12.8. The summed E-state index contributed by atoms with van der Waals surface area (Å²) >= 11 is 9.34. The largest absolute Gasteiger partial charge is 0.383 e. The van der Waals surface area contributed by atoms with Crippen LogP contribution in [0.1, 0.15) is 6.92 Å². The van der Waals surface area contributed by atoms with Gasteiger partial charge in [0.1, 0.15) is 4.90 Å². The summed E-state index contributed by atoms with van der Waals surface area (Å²) in [6, 6.07) is 4.37. The zero-order chi connectivity index (χ0) is 16.0. The average molecular weight is 401 g/mol. The molecule has 0 radical (unpaired) electrons. The molecule has 0 heterocycles. The van der Waals surface area contributed by atoms with E-state index in [1.54, 1.807) is 19.1 Å². The fraction of sp³-hybridized carbons (Fsp3) is 0.538. The molecule has 1 unspecified atom stereocenters. The van der Waals surface area contributed by atoms with Gasteiger partial charge in [0.05, 0.1) is 18.2 Å². The number of hydrogen-bond acceptors (Lipinski definition) is 4. The Morgan fingerprint density at radius 1 is 1.33 bits per heavy atom. The molecule has 0 saturated heterocycles. The van der Waals surface area contributed by atoms with Gasteiger partial charge in [0, 0.05) is 31.3 Å². The first-order valence-electron chi connectivity index (χ1n) is 6.29. The molecule has 0 fully saturated rings. The number of hydrogen-bond donors (Lipinski definition) is 0. The fourth-order valence-corrected chi connectivity index (χ4v) is 4.51. The molecule has 0 aliphatic carbocycles. The standard InChI is InChI=1S/C13H19BrClNO4S/c1-10(9-20-3)16(6-7-19-2)21(17,18)13-5-4-11(14)8-12(13)15/h4-5,8,10H,6-7,9H2,1-3H3. The lowest BCUT2D eigenvalue weighted by Crippen LogP contribution is -2.43. The first kappa shape index (κ1) is 18.9. The molecule has 0 aliphatic heterocycles. The highest BCUT2D eigenvalue weighted by molar-refractivity contribution is 9.10. The van der Waals surface area contributed by atoms with Gasteiger partial charge in [0.2, 0.25) is 10.0 Å². The number of nitrogens with zero attached hydrogens (tertiary/aromatic N) is 1. The van der Waals surface area contributed by atoms with E-state index in [9.17, 15) is 8.42 Å². The molecule has 120 valence electrons. The number of halogens is 2. The van der Waals surface area contributed by atoms with Crippen molar-refractivity contribution in [3.05, 3.63) is 27.7 Å². The summed E-state index contributed by atoms with van der Waals surface area (Å²) in [7, 11) is -0.663. The Hall–Kier alpha value is -0.180. The van der Waals surface area contributed by atoms with Gasteiger partial charge in [-0.15, -0.1) is 0 Å². The summed E-state index contributed by atoms with van der Waals surface area (Å²) in [4.78, 5) is 0.0754. The second kappa shape index (κ2) is 8.45. The quantitative estimate of drug-likeness (QED) is 0.673. The van der Waals surface area contributed by atoms with Crippen molar-refractivity contribution < 1.29 is 17.9 Å². The Balaban J connectivity index is 3.19. The SMILES string of the molecule is COCCN(C(C)COC)S(=O)(=O)c1ccc(Br)cc1Cl. The van der Waals surface area contributed by atoms with Gasteiger partial charge in [-0.05, 0) is 25.1 Å². The Labute approximate surface area is 139 Å². The fourth-order valence-electron chi connectivity index (χ4n) is 1.89. The number of benzene rings is 1. The minimum absolute atomic E-state index is 0.0754. The highest BCUT2D eigenvalue weighted by Gasteiger charge is 2.30. The molecule has 0 bridgehead atoms. The van der Waals surface area contributed by atoms with Crippen molar-refractivity contribution in [2.45, 2.75) is 17.9 Å². The smallest absolute Gasteiger partial charge is 0.244 e. The normalized spacial score (nSPS) is 13.6. The Morgan fingerprint density at radius 2 is 2.00 bits per heavy atom. The van der Waals surface area contributed by atoms with Crippen LogP contribution in [-0.2, 0) is 19.5 Å². The number of ether oxygens (including phenoxy) is 2. The molecule has 21 heavy (non-hydrogen) atoms. The van der Waals surface area contributed by atoms with Crippen molar-refractivity contribution in [3.8, 4) is 0 Å². The van der Waals surface area contributed by atoms with E-state index in [0.29, 0.717) is 6.61 Å². The highest BCUT2D eigenvalue weighted by Crippen LogP contribution is 2.28. The van der Waals surface area contributed by atoms with Crippen LogP contribution in [0.15, 0.2) is 27.6 Å². The van der Waals surface area contributed by atoms with Gasteiger partial charge >= 0.3 is 0 Å². The van der Waals surface area contributed by atoms with Crippen molar-refractivity contribution in [2.75, 3.05) is 34.0 Å². The molecular formula is C13H19BrClNO4S. The Bertz CT molecular complexity index is 567. The summed E-state index contributed by atoms with van der Waals surface area (Å²) in [5.41, 5.74) is 0. The van der Waals surface area contributed by atoms with Gasteiger partial charge in [-0.25, -0.2) is 8.42 Å². The van der Waals surface area contributed by atoms with Gasteiger partial charge < -0.3 is 9.47 Å². The molecule has 0 saturated carbocycles. The van der Waals surface area contributed by atoms with Crippen LogP contribution in [0.4, 0.5) is 0 Å². The third-order valence-corrected chi connectivity index (χ3v) is 5.89. The van der Waals surface area contributed by atoms with Gasteiger partial charge in [-0.1, -0.05) is 27.5 Å². The van der Waals surface area contributed by atoms with Crippen molar-refractivity contribution in [3.63, 3.8) is 0 Å². The molecule has 1 aromatic rings. The number of methoxy groups -OCH3 is 2. The first-order valence-corrected chi connectivity index (χ1v) is 8.90. The number of rotatable bonds is 8. The van der Waals surface area contributed by atoms with Gasteiger partial charge in [0.15, 0.2) is 0 Å². The summed E-state index contributed by atoms with van der Waals surface area (Å²) in [6.45, 7) is 2.59. The highest BCUT2D eigenvalue weighted by atomic mass is 79.9. The van der Waals surface area contributed by atoms with E-state index in [1.807, 2.05) is 0 Å². The van der Waals surface area contributed by atoms with E-state index in [4.69, 9.17) is 21.1 Å². The van der Waals surface area contributed by atoms with E-state index in [1.165, 1.54) is 24.6 Å². The third kappa shape index (κ3) is 4.91. The van der Waals surface area contributed by atoms with Gasteiger partial charge in [0.25, 0.3) is 0 Å². The predicted octanol–water partition coefficient (Wildman–Crippen LogP) is 2.77. The van der Waals surface area contributed by atoms with Crippen molar-refractivity contribution in [1.29, 1.82) is 0 Å². The van der Waals surface area contributed by atoms with Crippen molar-refractivity contribution >= 4 is 37.6 Å². The Morgan fingerprint density at radius 3 is 2.52 bits per heavy atom. The zero-order valence-electron chi connectivity index (χ0n) is 12.2. The topological polar surface area (TPSA) is 55.8 Å². The molecule has 8 heteroatoms. The summed E-state index contributed by atoms with van der Waals surface area (Å²) in [5, 5.41) is 0.177. The first-order chi connectivity index (χ1) is 9.84. The molecular weight excluding hydrogens is 382 g/mol. The molecule has 0 N–H and O–H groups in total. The molecule has 0 aliphatic rings. The second-order valence-electron chi connectivity index (χ2n) is 4.49. The maximum atomic E-state index is 12.8. The average Bonchev–Trinajstić information content (AvgIpc) is 2.38. The summed E-state index contributed by atoms with van der Waals surface area (Å²) in [6.07, 6.45) is 0. The zero-order valence-corrected chi connectivity index (χ0v) is 15.3. The molecule has 1 rings (SSSR count). The lowest BCUT2D eigenvalue weighted by atomic mass is 10.3. The van der Waals surface area contributed by atoms with Crippen molar-refractivity contribution in [1.82, 2.24) is 4.31 Å². The minimum atomic E-state index is -3.72. The number of sulfonamides is 1. The van der Waals surface area contributed by atoms with Crippen LogP contribution in [0.3, 0.4) is 0 Å². The van der Waals surface area contributed by atoms with E-state index in [-0.39, 0.29) is 29.1 Å². The van der Waals surface area contributed by atoms with Crippen LogP contribution in [-0.4, -0.2) is 52.7 Å². The molecule has 0 amide bonds. The van der Waals surface area contributed by atoms with Crippen LogP contribution in [0, 0.1) is 0 Å². The van der Waals surface area contributed by atoms with E-state index in [2.05, 4.69) is 15.9 Å². The lowest BCUT2D eigenvalue weighted by molar-refractivity contribution is 0.119. The van der Waals surface area contributed by atoms with E-state index in [0.717, 1.165) is 4.47 Å². The van der Waals surface area contributed by atoms with E-state index < -0.39 is 10.0 Å². The van der Waals surface area contributed by atoms with Crippen molar-refractivity contribution in [2.24, 2.45) is 0 Å².